The van der Waals surface area contributed by atoms with Crippen LogP contribution in [0, 0.1) is 16.0 Å². The van der Waals surface area contributed by atoms with Crippen molar-refractivity contribution in [2.45, 2.75) is 12.8 Å². The zero-order chi connectivity index (χ0) is 12.3. The van der Waals surface area contributed by atoms with Gasteiger partial charge in [0, 0.05) is 39.2 Å². The number of hydrogen-bond acceptors (Lipinski definition) is 3. The zero-order valence-corrected chi connectivity index (χ0v) is 10.0. The molecule has 0 aliphatic carbocycles. The van der Waals surface area contributed by atoms with Gasteiger partial charge in [-0.15, -0.1) is 0 Å². The van der Waals surface area contributed by atoms with Crippen LogP contribution >= 0.6 is 0 Å². The maximum Gasteiger partial charge on any atom is 0.273 e. The van der Waals surface area contributed by atoms with Gasteiger partial charge in [-0.2, -0.15) is 0 Å². The third kappa shape index (κ3) is 3.06. The van der Waals surface area contributed by atoms with Crippen molar-refractivity contribution in [1.29, 1.82) is 0 Å². The van der Waals surface area contributed by atoms with Gasteiger partial charge in [-0.1, -0.05) is 0 Å². The van der Waals surface area contributed by atoms with E-state index in [-0.39, 0.29) is 0 Å². The maximum atomic E-state index is 10.5. The fourth-order valence-corrected chi connectivity index (χ4v) is 2.36. The zero-order valence-electron chi connectivity index (χ0n) is 10.0. The molecular weight excluding hydrogens is 224 g/mol. The molecule has 17 heavy (non-hydrogen) atoms. The van der Waals surface area contributed by atoms with Gasteiger partial charge in [0.05, 0.1) is 6.61 Å². The van der Waals surface area contributed by atoms with E-state index in [9.17, 15) is 10.1 Å². The lowest BCUT2D eigenvalue weighted by Gasteiger charge is -2.36. The standard InChI is InChI=1S/C10H18N4O3/c1-12-4-2-5-13(10(12)11-14(15)16)7-9-3-6-17-8-9/h9H,2-8H2,1H3. The lowest BCUT2D eigenvalue weighted by atomic mass is 10.1. The van der Waals surface area contributed by atoms with E-state index in [1.807, 2.05) is 16.8 Å². The molecule has 0 saturated carbocycles. The molecule has 0 aromatic carbocycles. The Morgan fingerprint density at radius 2 is 2.41 bits per heavy atom. The molecule has 2 aliphatic rings. The lowest BCUT2D eigenvalue weighted by Crippen LogP contribution is -2.50. The van der Waals surface area contributed by atoms with Gasteiger partial charge in [0.15, 0.2) is 5.03 Å². The van der Waals surface area contributed by atoms with Gasteiger partial charge in [-0.3, -0.25) is 0 Å². The van der Waals surface area contributed by atoms with Crippen LogP contribution in [0.4, 0.5) is 0 Å². The molecule has 1 unspecified atom stereocenters. The predicted molar refractivity (Wildman–Crippen MR) is 62.2 cm³/mol. The van der Waals surface area contributed by atoms with Crippen molar-refractivity contribution in [3.63, 3.8) is 0 Å². The number of nitrogens with zero attached hydrogens (tertiary/aromatic N) is 4. The number of ether oxygens (including phenoxy) is 1. The molecule has 0 spiro atoms. The van der Waals surface area contributed by atoms with Gasteiger partial charge in [0.2, 0.25) is 0 Å². The SMILES string of the molecule is CN1CCCN(CC2CCOC2)C1=N[N+](=O)[O-]. The van der Waals surface area contributed by atoms with Crippen LogP contribution in [0.3, 0.4) is 0 Å². The summed E-state index contributed by atoms with van der Waals surface area (Å²) in [5.41, 5.74) is 0. The smallest absolute Gasteiger partial charge is 0.273 e. The minimum Gasteiger partial charge on any atom is -0.381 e. The average molecular weight is 242 g/mol. The van der Waals surface area contributed by atoms with Crippen LogP contribution in [0.2, 0.25) is 0 Å². The molecule has 7 nitrogen and oxygen atoms in total. The molecular formula is C10H18N4O3. The minimum atomic E-state index is -0.616. The maximum absolute atomic E-state index is 10.5. The van der Waals surface area contributed by atoms with Crippen LogP contribution < -0.4 is 0 Å². The largest absolute Gasteiger partial charge is 0.381 e. The first-order chi connectivity index (χ1) is 8.16. The van der Waals surface area contributed by atoms with Crippen molar-refractivity contribution < 1.29 is 9.77 Å². The van der Waals surface area contributed by atoms with E-state index >= 15 is 0 Å². The van der Waals surface area contributed by atoms with Gasteiger partial charge in [0.25, 0.3) is 5.96 Å². The van der Waals surface area contributed by atoms with Crippen molar-refractivity contribution in [3.8, 4) is 0 Å². The molecule has 1 atom stereocenters. The van der Waals surface area contributed by atoms with E-state index < -0.39 is 5.03 Å². The van der Waals surface area contributed by atoms with E-state index in [1.165, 1.54) is 0 Å². The van der Waals surface area contributed by atoms with Crippen molar-refractivity contribution in [3.05, 3.63) is 10.1 Å². The molecule has 7 heteroatoms. The summed E-state index contributed by atoms with van der Waals surface area (Å²) < 4.78 is 5.33. The van der Waals surface area contributed by atoms with Gasteiger partial charge in [-0.05, 0) is 12.8 Å². The van der Waals surface area contributed by atoms with Crippen LogP contribution in [-0.2, 0) is 4.74 Å². The highest BCUT2D eigenvalue weighted by Gasteiger charge is 2.27. The number of nitro groups is 1. The first-order valence-electron chi connectivity index (χ1n) is 5.93. The molecule has 0 amide bonds. The molecule has 2 rings (SSSR count). The van der Waals surface area contributed by atoms with Gasteiger partial charge < -0.3 is 14.5 Å². The van der Waals surface area contributed by atoms with Gasteiger partial charge in [0.1, 0.15) is 5.10 Å². The Bertz CT molecular complexity index is 315. The number of rotatable bonds is 3. The fraction of sp³-hybridized carbons (Fsp3) is 0.900. The summed E-state index contributed by atoms with van der Waals surface area (Å²) in [6.07, 6.45) is 2.05. The monoisotopic (exact) mass is 242 g/mol. The Morgan fingerprint density at radius 1 is 1.59 bits per heavy atom. The van der Waals surface area contributed by atoms with E-state index in [0.717, 1.165) is 45.7 Å². The van der Waals surface area contributed by atoms with Crippen molar-refractivity contribution >= 4 is 5.96 Å². The third-order valence-corrected chi connectivity index (χ3v) is 3.22. The summed E-state index contributed by atoms with van der Waals surface area (Å²) in [5, 5.41) is 13.4. The van der Waals surface area contributed by atoms with E-state index in [0.29, 0.717) is 11.9 Å². The Morgan fingerprint density at radius 3 is 3.06 bits per heavy atom. The summed E-state index contributed by atoms with van der Waals surface area (Å²) in [6.45, 7) is 4.02. The van der Waals surface area contributed by atoms with E-state index in [4.69, 9.17) is 4.74 Å². The Kier molecular flexibility index (Phi) is 3.78. The number of hydrogen-bond donors (Lipinski definition) is 0. The predicted octanol–water partition coefficient (Wildman–Crippen LogP) is 0.208. The highest BCUT2D eigenvalue weighted by molar-refractivity contribution is 5.79. The second-order valence-electron chi connectivity index (χ2n) is 4.59. The summed E-state index contributed by atoms with van der Waals surface area (Å²) in [5.74, 6) is 0.951. The molecule has 0 radical (unpaired) electrons. The Balaban J connectivity index is 2.03. The molecule has 0 aromatic rings. The summed E-state index contributed by atoms with van der Waals surface area (Å²) in [4.78, 5) is 14.4. The second-order valence-corrected chi connectivity index (χ2v) is 4.59. The van der Waals surface area contributed by atoms with Crippen LogP contribution in [0.5, 0.6) is 0 Å². The summed E-state index contributed by atoms with van der Waals surface area (Å²) >= 11 is 0. The minimum absolute atomic E-state index is 0.471. The Hall–Kier alpha value is -1.37. The van der Waals surface area contributed by atoms with E-state index in [2.05, 4.69) is 5.10 Å². The van der Waals surface area contributed by atoms with Crippen LogP contribution in [0.25, 0.3) is 0 Å². The topological polar surface area (TPSA) is 71.2 Å². The van der Waals surface area contributed by atoms with Crippen molar-refractivity contribution in [1.82, 2.24) is 9.80 Å². The molecule has 96 valence electrons. The molecule has 0 bridgehead atoms. The van der Waals surface area contributed by atoms with Crippen LogP contribution in [-0.4, -0.2) is 60.7 Å². The van der Waals surface area contributed by atoms with Crippen molar-refractivity contribution in [2.24, 2.45) is 11.0 Å². The Labute approximate surface area is 100 Å². The molecule has 0 aromatic heterocycles. The number of hydrazone groups is 1. The average Bonchev–Trinajstić information content (AvgIpc) is 2.75. The van der Waals surface area contributed by atoms with E-state index in [1.54, 1.807) is 0 Å². The van der Waals surface area contributed by atoms with Crippen LogP contribution in [0.1, 0.15) is 12.8 Å². The second kappa shape index (κ2) is 5.31. The quantitative estimate of drug-likeness (QED) is 0.522. The normalized spacial score (nSPS) is 27.8. The summed E-state index contributed by atoms with van der Waals surface area (Å²) in [6, 6.07) is 0. The van der Waals surface area contributed by atoms with Gasteiger partial charge >= 0.3 is 0 Å². The molecule has 2 fully saturated rings. The fourth-order valence-electron chi connectivity index (χ4n) is 2.36. The molecule has 2 aliphatic heterocycles. The molecule has 2 saturated heterocycles. The first kappa shape index (κ1) is 12.1. The highest BCUT2D eigenvalue weighted by Crippen LogP contribution is 2.17. The van der Waals surface area contributed by atoms with Gasteiger partial charge in [-0.25, -0.2) is 10.1 Å². The lowest BCUT2D eigenvalue weighted by molar-refractivity contribution is -0.486. The molecule has 0 N–H and O–H groups in total. The van der Waals surface area contributed by atoms with Crippen molar-refractivity contribution in [2.75, 3.05) is 39.9 Å². The van der Waals surface area contributed by atoms with Crippen LogP contribution in [0.15, 0.2) is 5.10 Å². The highest BCUT2D eigenvalue weighted by atomic mass is 16.7. The third-order valence-electron chi connectivity index (χ3n) is 3.22. The molecule has 2 heterocycles. The first-order valence-corrected chi connectivity index (χ1v) is 5.93. The number of guanidine groups is 1. The summed E-state index contributed by atoms with van der Waals surface area (Å²) in [7, 11) is 1.85.